The highest BCUT2D eigenvalue weighted by atomic mass is 16.9. The van der Waals surface area contributed by atoms with Crippen LogP contribution in [-0.2, 0) is 4.84 Å². The highest BCUT2D eigenvalue weighted by Crippen LogP contribution is 1.99. The van der Waals surface area contributed by atoms with Crippen molar-refractivity contribution in [3.63, 3.8) is 0 Å². The molecule has 1 amide bonds. The van der Waals surface area contributed by atoms with Gasteiger partial charge in [-0.3, -0.25) is 4.79 Å². The average molecular weight is 215 g/mol. The molecule has 1 heterocycles. The molecule has 0 aliphatic carbocycles. The van der Waals surface area contributed by atoms with Crippen molar-refractivity contribution in [2.45, 2.75) is 6.92 Å². The van der Waals surface area contributed by atoms with Gasteiger partial charge in [0.25, 0.3) is 11.0 Å². The number of aryl methyl sites for hydroxylation is 1. The molecule has 0 bridgehead atoms. The van der Waals surface area contributed by atoms with E-state index in [4.69, 9.17) is 4.42 Å². The predicted octanol–water partition coefficient (Wildman–Crippen LogP) is -0.0789. The van der Waals surface area contributed by atoms with E-state index in [0.29, 0.717) is 5.89 Å². The molecule has 0 saturated carbocycles. The number of nitrogens with zero attached hydrogens (tertiary/aromatic N) is 2. The first-order chi connectivity index (χ1) is 7.09. The molecule has 1 aromatic heterocycles. The van der Waals surface area contributed by atoms with Crippen LogP contribution in [0.25, 0.3) is 0 Å². The Balaban J connectivity index is 2.28. The first-order valence-corrected chi connectivity index (χ1v) is 4.07. The van der Waals surface area contributed by atoms with E-state index in [-0.39, 0.29) is 18.8 Å². The van der Waals surface area contributed by atoms with Crippen LogP contribution in [0.2, 0.25) is 0 Å². The maximum Gasteiger partial charge on any atom is 0.294 e. The fourth-order valence-corrected chi connectivity index (χ4v) is 0.843. The van der Waals surface area contributed by atoms with Gasteiger partial charge in [-0.1, -0.05) is 0 Å². The maximum absolute atomic E-state index is 11.2. The van der Waals surface area contributed by atoms with Gasteiger partial charge in [0.1, 0.15) is 12.9 Å². The van der Waals surface area contributed by atoms with Crippen LogP contribution in [0.5, 0.6) is 0 Å². The Labute approximate surface area is 84.3 Å². The molecule has 0 aromatic carbocycles. The molecule has 0 spiro atoms. The second-order valence-corrected chi connectivity index (χ2v) is 2.56. The van der Waals surface area contributed by atoms with E-state index in [1.165, 1.54) is 6.26 Å². The zero-order valence-corrected chi connectivity index (χ0v) is 7.93. The van der Waals surface area contributed by atoms with Crippen molar-refractivity contribution in [2.24, 2.45) is 0 Å². The molecule has 15 heavy (non-hydrogen) atoms. The lowest BCUT2D eigenvalue weighted by atomic mass is 10.4. The van der Waals surface area contributed by atoms with E-state index < -0.39 is 11.0 Å². The van der Waals surface area contributed by atoms with Gasteiger partial charge in [-0.15, -0.1) is 10.1 Å². The van der Waals surface area contributed by atoms with Crippen molar-refractivity contribution < 1.29 is 19.1 Å². The van der Waals surface area contributed by atoms with Gasteiger partial charge >= 0.3 is 0 Å². The number of carbonyl (C=O) groups excluding carboxylic acids is 1. The van der Waals surface area contributed by atoms with Crippen LogP contribution in [0.15, 0.2) is 10.7 Å². The van der Waals surface area contributed by atoms with Gasteiger partial charge in [0.05, 0.1) is 0 Å². The fraction of sp³-hybridized carbons (Fsp3) is 0.429. The summed E-state index contributed by atoms with van der Waals surface area (Å²) in [5.41, 5.74) is 0.133. The van der Waals surface area contributed by atoms with E-state index in [1.54, 1.807) is 6.92 Å². The Morgan fingerprint density at radius 2 is 2.53 bits per heavy atom. The minimum absolute atomic E-state index is 0.0335. The van der Waals surface area contributed by atoms with Crippen LogP contribution in [0.4, 0.5) is 0 Å². The minimum atomic E-state index is -0.924. The summed E-state index contributed by atoms with van der Waals surface area (Å²) in [6.45, 7) is 1.44. The van der Waals surface area contributed by atoms with E-state index in [9.17, 15) is 14.9 Å². The number of carbonyl (C=O) groups is 1. The SMILES string of the molecule is Cc1nc(C(=O)NCCO[N+](=O)[O-])co1. The van der Waals surface area contributed by atoms with Gasteiger partial charge in [0, 0.05) is 13.5 Å². The Hall–Kier alpha value is -2.12. The normalized spacial score (nSPS) is 9.67. The lowest BCUT2D eigenvalue weighted by Gasteiger charge is -2.00. The van der Waals surface area contributed by atoms with Crippen molar-refractivity contribution >= 4 is 5.91 Å². The zero-order chi connectivity index (χ0) is 11.3. The van der Waals surface area contributed by atoms with Crippen LogP contribution in [0.3, 0.4) is 0 Å². The van der Waals surface area contributed by atoms with Gasteiger partial charge in [-0.05, 0) is 0 Å². The largest absolute Gasteiger partial charge is 0.448 e. The third-order valence-corrected chi connectivity index (χ3v) is 1.44. The smallest absolute Gasteiger partial charge is 0.294 e. The van der Waals surface area contributed by atoms with Crippen molar-refractivity contribution in [2.75, 3.05) is 13.2 Å². The molecule has 82 valence electrons. The third kappa shape index (κ3) is 3.63. The number of nitrogens with one attached hydrogen (secondary N) is 1. The van der Waals surface area contributed by atoms with Gasteiger partial charge in [0.2, 0.25) is 0 Å². The summed E-state index contributed by atoms with van der Waals surface area (Å²) >= 11 is 0. The van der Waals surface area contributed by atoms with Crippen LogP contribution >= 0.6 is 0 Å². The molecule has 0 saturated heterocycles. The Kier molecular flexibility index (Phi) is 3.61. The van der Waals surface area contributed by atoms with E-state index in [2.05, 4.69) is 15.1 Å². The van der Waals surface area contributed by atoms with Gasteiger partial charge in [0.15, 0.2) is 11.6 Å². The van der Waals surface area contributed by atoms with Gasteiger partial charge in [-0.2, -0.15) is 0 Å². The Bertz CT molecular complexity index is 361. The number of amides is 1. The molecule has 0 unspecified atom stereocenters. The molecule has 8 heteroatoms. The molecule has 1 aromatic rings. The number of hydrogen-bond acceptors (Lipinski definition) is 6. The number of aromatic nitrogens is 1. The first-order valence-electron chi connectivity index (χ1n) is 4.07. The second-order valence-electron chi connectivity index (χ2n) is 2.56. The number of oxazole rings is 1. The number of rotatable bonds is 5. The van der Waals surface area contributed by atoms with Crippen molar-refractivity contribution in [3.05, 3.63) is 28.0 Å². The second kappa shape index (κ2) is 4.94. The van der Waals surface area contributed by atoms with Gasteiger partial charge in [-0.25, -0.2) is 4.98 Å². The quantitative estimate of drug-likeness (QED) is 0.418. The molecule has 0 radical (unpaired) electrons. The molecule has 8 nitrogen and oxygen atoms in total. The first kappa shape index (κ1) is 11.0. The summed E-state index contributed by atoms with van der Waals surface area (Å²) in [6.07, 6.45) is 1.21. The van der Waals surface area contributed by atoms with Crippen LogP contribution in [0, 0.1) is 17.0 Å². The molecule has 1 rings (SSSR count). The maximum atomic E-state index is 11.2. The molecular formula is C7H9N3O5. The lowest BCUT2D eigenvalue weighted by molar-refractivity contribution is -0.757. The lowest BCUT2D eigenvalue weighted by Crippen LogP contribution is -2.28. The molecule has 0 aliphatic heterocycles. The molecule has 0 aliphatic rings. The van der Waals surface area contributed by atoms with Crippen LogP contribution in [-0.4, -0.2) is 29.1 Å². The molecule has 1 N–H and O–H groups in total. The van der Waals surface area contributed by atoms with Crippen molar-refractivity contribution in [1.29, 1.82) is 0 Å². The highest BCUT2D eigenvalue weighted by Gasteiger charge is 2.09. The Morgan fingerprint density at radius 3 is 3.07 bits per heavy atom. The summed E-state index contributed by atoms with van der Waals surface area (Å²) in [5.74, 6) is -0.0829. The monoisotopic (exact) mass is 215 g/mol. The third-order valence-electron chi connectivity index (χ3n) is 1.44. The molecule has 0 fully saturated rings. The summed E-state index contributed by atoms with van der Waals surface area (Å²) in [7, 11) is 0. The summed E-state index contributed by atoms with van der Waals surface area (Å²) in [4.78, 5) is 28.8. The van der Waals surface area contributed by atoms with Crippen LogP contribution < -0.4 is 5.32 Å². The molecular weight excluding hydrogens is 206 g/mol. The average Bonchev–Trinajstić information content (AvgIpc) is 2.59. The van der Waals surface area contributed by atoms with Crippen molar-refractivity contribution in [1.82, 2.24) is 10.3 Å². The summed E-state index contributed by atoms with van der Waals surface area (Å²) in [5, 5.41) is 11.2. The minimum Gasteiger partial charge on any atom is -0.448 e. The zero-order valence-electron chi connectivity index (χ0n) is 7.93. The Morgan fingerprint density at radius 1 is 1.80 bits per heavy atom. The van der Waals surface area contributed by atoms with E-state index in [1.807, 2.05) is 0 Å². The standard InChI is InChI=1S/C7H9N3O5/c1-5-9-6(4-14-5)7(11)8-2-3-15-10(12)13/h4H,2-3H2,1H3,(H,8,11). The molecule has 0 atom stereocenters. The van der Waals surface area contributed by atoms with Gasteiger partial charge < -0.3 is 14.6 Å². The predicted molar refractivity (Wildman–Crippen MR) is 46.5 cm³/mol. The fourth-order valence-electron chi connectivity index (χ4n) is 0.843. The topological polar surface area (TPSA) is 108 Å². The van der Waals surface area contributed by atoms with E-state index >= 15 is 0 Å². The number of hydrogen-bond donors (Lipinski definition) is 1. The van der Waals surface area contributed by atoms with Crippen molar-refractivity contribution in [3.8, 4) is 0 Å². The summed E-state index contributed by atoms with van der Waals surface area (Å²) in [6, 6.07) is 0. The van der Waals surface area contributed by atoms with Crippen LogP contribution in [0.1, 0.15) is 16.4 Å². The summed E-state index contributed by atoms with van der Waals surface area (Å²) < 4.78 is 4.82. The van der Waals surface area contributed by atoms with E-state index in [0.717, 1.165) is 0 Å². The highest BCUT2D eigenvalue weighted by molar-refractivity contribution is 5.91.